The minimum atomic E-state index is 0.565. The number of likely N-dealkylation sites (N-methyl/N-ethyl adjacent to an activating group) is 1. The van der Waals surface area contributed by atoms with Crippen LogP contribution in [0.15, 0.2) is 45.6 Å². The van der Waals surface area contributed by atoms with Crippen molar-refractivity contribution in [2.75, 3.05) is 13.1 Å². The monoisotopic (exact) mass is 337 g/mol. The minimum Gasteiger partial charge on any atom is -0.316 e. The lowest BCUT2D eigenvalue weighted by molar-refractivity contribution is 0.560. The molecule has 1 heterocycles. The second-order valence-corrected chi connectivity index (χ2v) is 6.33. The van der Waals surface area contributed by atoms with Crippen molar-refractivity contribution in [3.63, 3.8) is 0 Å². The van der Waals surface area contributed by atoms with Crippen molar-refractivity contribution < 1.29 is 0 Å². The van der Waals surface area contributed by atoms with Crippen molar-refractivity contribution in [3.05, 3.63) is 56.7 Å². The first kappa shape index (κ1) is 14.8. The van der Waals surface area contributed by atoms with Crippen molar-refractivity contribution >= 4 is 27.3 Å². The zero-order chi connectivity index (χ0) is 13.5. The van der Waals surface area contributed by atoms with E-state index >= 15 is 0 Å². The number of thiophene rings is 1. The number of rotatable bonds is 7. The smallest absolute Gasteiger partial charge is 0.0210 e. The van der Waals surface area contributed by atoms with Crippen LogP contribution in [0.3, 0.4) is 0 Å². The van der Waals surface area contributed by atoms with Crippen LogP contribution in [0.1, 0.15) is 30.4 Å². The Kier molecular flexibility index (Phi) is 6.08. The van der Waals surface area contributed by atoms with E-state index in [1.165, 1.54) is 22.0 Å². The topological polar surface area (TPSA) is 12.0 Å². The first-order valence-electron chi connectivity index (χ1n) is 6.77. The van der Waals surface area contributed by atoms with Gasteiger partial charge in [0.15, 0.2) is 0 Å². The highest BCUT2D eigenvalue weighted by molar-refractivity contribution is 9.10. The van der Waals surface area contributed by atoms with Crippen LogP contribution in [0.25, 0.3) is 0 Å². The predicted octanol–water partition coefficient (Wildman–Crippen LogP) is 4.84. The van der Waals surface area contributed by atoms with Gasteiger partial charge in [0.05, 0.1) is 0 Å². The van der Waals surface area contributed by atoms with Gasteiger partial charge in [0, 0.05) is 11.0 Å². The summed E-state index contributed by atoms with van der Waals surface area (Å²) in [4.78, 5) is 0. The quantitative estimate of drug-likeness (QED) is 0.762. The molecule has 0 fully saturated rings. The van der Waals surface area contributed by atoms with Gasteiger partial charge in [-0.15, -0.1) is 0 Å². The van der Waals surface area contributed by atoms with Gasteiger partial charge in [-0.1, -0.05) is 41.1 Å². The Morgan fingerprint density at radius 3 is 2.79 bits per heavy atom. The van der Waals surface area contributed by atoms with Crippen molar-refractivity contribution in [1.29, 1.82) is 0 Å². The fourth-order valence-electron chi connectivity index (χ4n) is 2.27. The molecule has 0 aliphatic carbocycles. The van der Waals surface area contributed by atoms with Crippen LogP contribution in [0.2, 0.25) is 0 Å². The number of halogens is 1. The number of nitrogens with one attached hydrogen (secondary N) is 1. The normalized spacial score (nSPS) is 12.5. The van der Waals surface area contributed by atoms with E-state index in [4.69, 9.17) is 0 Å². The molecular weight excluding hydrogens is 318 g/mol. The molecule has 0 aliphatic rings. The molecule has 0 bridgehead atoms. The molecule has 1 atom stereocenters. The van der Waals surface area contributed by atoms with Gasteiger partial charge in [0.2, 0.25) is 0 Å². The summed E-state index contributed by atoms with van der Waals surface area (Å²) in [6, 6.07) is 10.8. The summed E-state index contributed by atoms with van der Waals surface area (Å²) in [7, 11) is 0. The molecule has 0 saturated heterocycles. The van der Waals surface area contributed by atoms with Crippen molar-refractivity contribution in [2.45, 2.75) is 25.7 Å². The highest BCUT2D eigenvalue weighted by atomic mass is 79.9. The summed E-state index contributed by atoms with van der Waals surface area (Å²) in [5.74, 6) is 0.565. The summed E-state index contributed by atoms with van der Waals surface area (Å²) in [6.07, 6.45) is 2.34. The molecule has 3 heteroatoms. The molecule has 2 rings (SSSR count). The molecular formula is C16H20BrNS. The van der Waals surface area contributed by atoms with E-state index in [0.717, 1.165) is 19.5 Å². The Morgan fingerprint density at radius 1 is 1.26 bits per heavy atom. The highest BCUT2D eigenvalue weighted by Crippen LogP contribution is 2.28. The Morgan fingerprint density at radius 2 is 2.11 bits per heavy atom. The van der Waals surface area contributed by atoms with E-state index < -0.39 is 0 Å². The molecule has 102 valence electrons. The molecule has 1 nitrogen and oxygen atoms in total. The Bertz CT molecular complexity index is 481. The van der Waals surface area contributed by atoms with Crippen LogP contribution < -0.4 is 5.32 Å². The second kappa shape index (κ2) is 7.83. The van der Waals surface area contributed by atoms with Crippen LogP contribution in [0, 0.1) is 0 Å². The van der Waals surface area contributed by atoms with Gasteiger partial charge < -0.3 is 5.32 Å². The lowest BCUT2D eigenvalue weighted by Gasteiger charge is -2.19. The van der Waals surface area contributed by atoms with E-state index in [9.17, 15) is 0 Å². The fourth-order valence-corrected chi connectivity index (χ4v) is 3.58. The van der Waals surface area contributed by atoms with Gasteiger partial charge in [-0.3, -0.25) is 0 Å². The summed E-state index contributed by atoms with van der Waals surface area (Å²) >= 11 is 5.47. The van der Waals surface area contributed by atoms with Gasteiger partial charge in [-0.2, -0.15) is 11.3 Å². The summed E-state index contributed by atoms with van der Waals surface area (Å²) < 4.78 is 1.23. The molecule has 1 unspecified atom stereocenters. The zero-order valence-corrected chi connectivity index (χ0v) is 13.6. The van der Waals surface area contributed by atoms with Gasteiger partial charge in [0.1, 0.15) is 0 Å². The lowest BCUT2D eigenvalue weighted by Crippen LogP contribution is -2.22. The third-order valence-corrected chi connectivity index (χ3v) is 4.80. The molecule has 1 N–H and O–H groups in total. The van der Waals surface area contributed by atoms with E-state index in [-0.39, 0.29) is 0 Å². The summed E-state index contributed by atoms with van der Waals surface area (Å²) in [6.45, 7) is 4.23. The van der Waals surface area contributed by atoms with Crippen LogP contribution in [-0.4, -0.2) is 13.1 Å². The molecule has 2 aromatic rings. The number of hydrogen-bond acceptors (Lipinski definition) is 2. The molecule has 0 spiro atoms. The SMILES string of the molecule is CCNCC(CCc1ccsc1)c1ccccc1Br. The van der Waals surface area contributed by atoms with E-state index in [0.29, 0.717) is 5.92 Å². The second-order valence-electron chi connectivity index (χ2n) is 4.70. The van der Waals surface area contributed by atoms with Gasteiger partial charge in [-0.25, -0.2) is 0 Å². The molecule has 0 aliphatic heterocycles. The Balaban J connectivity index is 2.05. The molecule has 0 radical (unpaired) electrons. The summed E-state index contributed by atoms with van der Waals surface area (Å²) in [5.41, 5.74) is 2.87. The molecule has 19 heavy (non-hydrogen) atoms. The minimum absolute atomic E-state index is 0.565. The van der Waals surface area contributed by atoms with Gasteiger partial charge in [0.25, 0.3) is 0 Å². The van der Waals surface area contributed by atoms with Crippen LogP contribution in [0.5, 0.6) is 0 Å². The van der Waals surface area contributed by atoms with Crippen molar-refractivity contribution in [2.24, 2.45) is 0 Å². The summed E-state index contributed by atoms with van der Waals surface area (Å²) in [5, 5.41) is 7.90. The Hall–Kier alpha value is -0.640. The number of benzene rings is 1. The number of aryl methyl sites for hydroxylation is 1. The van der Waals surface area contributed by atoms with E-state index in [2.05, 4.69) is 69.3 Å². The molecule has 1 aromatic carbocycles. The standard InChI is InChI=1S/C16H20BrNS/c1-2-18-11-14(8-7-13-9-10-19-12-13)15-5-3-4-6-16(15)17/h3-6,9-10,12,14,18H,2,7-8,11H2,1H3. The van der Waals surface area contributed by atoms with Crippen LogP contribution in [0.4, 0.5) is 0 Å². The van der Waals surface area contributed by atoms with E-state index in [1.807, 2.05) is 0 Å². The average molecular weight is 338 g/mol. The first-order valence-corrected chi connectivity index (χ1v) is 8.51. The highest BCUT2D eigenvalue weighted by Gasteiger charge is 2.14. The fraction of sp³-hybridized carbons (Fsp3) is 0.375. The Labute approximate surface area is 128 Å². The first-order chi connectivity index (χ1) is 9.31. The lowest BCUT2D eigenvalue weighted by atomic mass is 9.93. The van der Waals surface area contributed by atoms with Gasteiger partial charge in [-0.05, 0) is 59.3 Å². The average Bonchev–Trinajstić information content (AvgIpc) is 2.93. The number of hydrogen-bond donors (Lipinski definition) is 1. The predicted molar refractivity (Wildman–Crippen MR) is 88.1 cm³/mol. The maximum Gasteiger partial charge on any atom is 0.0210 e. The molecule has 1 aromatic heterocycles. The van der Waals surface area contributed by atoms with Crippen molar-refractivity contribution in [1.82, 2.24) is 5.32 Å². The van der Waals surface area contributed by atoms with E-state index in [1.54, 1.807) is 11.3 Å². The molecule has 0 saturated carbocycles. The molecule has 0 amide bonds. The third-order valence-electron chi connectivity index (χ3n) is 3.35. The maximum atomic E-state index is 3.68. The van der Waals surface area contributed by atoms with Gasteiger partial charge >= 0.3 is 0 Å². The third kappa shape index (κ3) is 4.44. The zero-order valence-electron chi connectivity index (χ0n) is 11.2. The van der Waals surface area contributed by atoms with Crippen LogP contribution in [-0.2, 0) is 6.42 Å². The van der Waals surface area contributed by atoms with Crippen molar-refractivity contribution in [3.8, 4) is 0 Å². The van der Waals surface area contributed by atoms with Crippen LogP contribution >= 0.6 is 27.3 Å². The largest absolute Gasteiger partial charge is 0.316 e. The maximum absolute atomic E-state index is 3.68.